The van der Waals surface area contributed by atoms with Gasteiger partial charge in [0.05, 0.1) is 0 Å². The average Bonchev–Trinajstić information content (AvgIpc) is 2.10. The van der Waals surface area contributed by atoms with Crippen LogP contribution in [-0.4, -0.2) is 5.54 Å². The topological polar surface area (TPSA) is 26.0 Å². The van der Waals surface area contributed by atoms with Crippen LogP contribution in [0.3, 0.4) is 0 Å². The van der Waals surface area contributed by atoms with Crippen molar-refractivity contribution >= 4 is 0 Å². The molecule has 15 heavy (non-hydrogen) atoms. The minimum Gasteiger partial charge on any atom is -0.325 e. The van der Waals surface area contributed by atoms with Crippen LogP contribution in [-0.2, 0) is 13.1 Å². The lowest BCUT2D eigenvalue weighted by molar-refractivity contribution is 0.452. The van der Waals surface area contributed by atoms with Gasteiger partial charge in [0.15, 0.2) is 11.6 Å². The van der Waals surface area contributed by atoms with Gasteiger partial charge in [-0.1, -0.05) is 0 Å². The first-order chi connectivity index (χ1) is 6.83. The molecule has 0 unspecified atom stereocenters. The Labute approximate surface area is 87.1 Å². The molecule has 1 aromatic carbocycles. The van der Waals surface area contributed by atoms with Crippen molar-refractivity contribution in [2.75, 3.05) is 0 Å². The molecule has 0 aliphatic heterocycles. The quantitative estimate of drug-likeness (QED) is 0.827. The molecule has 0 spiro atoms. The largest absolute Gasteiger partial charge is 0.325 e. The number of hydrogen-bond donors (Lipinski definition) is 1. The van der Waals surface area contributed by atoms with Gasteiger partial charge in [-0.2, -0.15) is 0 Å². The first-order valence-electron chi connectivity index (χ1n) is 4.65. The smallest absolute Gasteiger partial charge is 0.162 e. The predicted octanol–water partition coefficient (Wildman–Crippen LogP) is 2.71. The van der Waals surface area contributed by atoms with E-state index in [0.29, 0.717) is 0 Å². The molecule has 0 saturated carbocycles. The highest BCUT2D eigenvalue weighted by Crippen LogP contribution is 2.19. The van der Waals surface area contributed by atoms with E-state index < -0.39 is 23.8 Å². The normalized spacial score (nSPS) is 11.9. The van der Waals surface area contributed by atoms with Crippen molar-refractivity contribution in [1.82, 2.24) is 0 Å². The van der Waals surface area contributed by atoms with Crippen molar-refractivity contribution in [3.8, 4) is 0 Å². The van der Waals surface area contributed by atoms with E-state index in [2.05, 4.69) is 0 Å². The predicted molar refractivity (Wildman–Crippen MR) is 53.1 cm³/mol. The van der Waals surface area contributed by atoms with Crippen molar-refractivity contribution in [3.63, 3.8) is 0 Å². The van der Waals surface area contributed by atoms with Gasteiger partial charge in [0, 0.05) is 5.54 Å². The Balaban J connectivity index is 3.11. The zero-order chi connectivity index (χ0) is 11.6. The summed E-state index contributed by atoms with van der Waals surface area (Å²) in [6.07, 6.45) is 0.170. The third kappa shape index (κ3) is 3.23. The van der Waals surface area contributed by atoms with E-state index in [-0.39, 0.29) is 17.5 Å². The standard InChI is InChI=1S/C11H14F3N/c1-11(2,15)5-8-3-7(6-12)4-9(13)10(8)14/h3-4H,5-6,15H2,1-2H3. The van der Waals surface area contributed by atoms with E-state index in [9.17, 15) is 13.2 Å². The van der Waals surface area contributed by atoms with Crippen molar-refractivity contribution in [2.24, 2.45) is 5.73 Å². The summed E-state index contributed by atoms with van der Waals surface area (Å²) < 4.78 is 38.6. The van der Waals surface area contributed by atoms with E-state index in [1.807, 2.05) is 0 Å². The molecular weight excluding hydrogens is 203 g/mol. The SMILES string of the molecule is CC(C)(N)Cc1cc(CF)cc(F)c1F. The molecule has 2 N–H and O–H groups in total. The van der Waals surface area contributed by atoms with E-state index >= 15 is 0 Å². The van der Waals surface area contributed by atoms with Crippen LogP contribution in [0.4, 0.5) is 13.2 Å². The van der Waals surface area contributed by atoms with E-state index in [1.54, 1.807) is 13.8 Å². The van der Waals surface area contributed by atoms with E-state index in [0.717, 1.165) is 6.07 Å². The molecule has 0 amide bonds. The van der Waals surface area contributed by atoms with Crippen LogP contribution < -0.4 is 5.73 Å². The molecule has 0 aliphatic rings. The number of halogens is 3. The van der Waals surface area contributed by atoms with Crippen molar-refractivity contribution in [3.05, 3.63) is 34.9 Å². The number of hydrogen-bond acceptors (Lipinski definition) is 1. The van der Waals surface area contributed by atoms with Gasteiger partial charge < -0.3 is 5.73 Å². The highest BCUT2D eigenvalue weighted by Gasteiger charge is 2.18. The lowest BCUT2D eigenvalue weighted by Crippen LogP contribution is -2.34. The number of alkyl halides is 1. The van der Waals surface area contributed by atoms with Crippen LogP contribution >= 0.6 is 0 Å². The summed E-state index contributed by atoms with van der Waals surface area (Å²) in [5.74, 6) is -1.96. The fraction of sp³-hybridized carbons (Fsp3) is 0.455. The average molecular weight is 217 g/mol. The van der Waals surface area contributed by atoms with Gasteiger partial charge >= 0.3 is 0 Å². The molecule has 0 atom stereocenters. The number of nitrogens with two attached hydrogens (primary N) is 1. The second kappa shape index (κ2) is 4.23. The van der Waals surface area contributed by atoms with Gasteiger partial charge in [-0.3, -0.25) is 0 Å². The van der Waals surface area contributed by atoms with Gasteiger partial charge in [-0.25, -0.2) is 13.2 Å². The number of benzene rings is 1. The van der Waals surface area contributed by atoms with Gasteiger partial charge in [0.2, 0.25) is 0 Å². The van der Waals surface area contributed by atoms with Crippen molar-refractivity contribution < 1.29 is 13.2 Å². The summed E-state index contributed by atoms with van der Waals surface area (Å²) in [5.41, 5.74) is 5.30. The van der Waals surface area contributed by atoms with Crippen LogP contribution in [0.15, 0.2) is 12.1 Å². The first kappa shape index (κ1) is 12.0. The maximum atomic E-state index is 13.3. The molecule has 0 aromatic heterocycles. The Morgan fingerprint density at radius 2 is 1.87 bits per heavy atom. The third-order valence-electron chi connectivity index (χ3n) is 1.96. The Morgan fingerprint density at radius 3 is 2.33 bits per heavy atom. The maximum absolute atomic E-state index is 13.3. The van der Waals surface area contributed by atoms with Crippen LogP contribution in [0.2, 0.25) is 0 Å². The third-order valence-corrected chi connectivity index (χ3v) is 1.96. The zero-order valence-corrected chi connectivity index (χ0v) is 8.78. The Bertz CT molecular complexity index is 356. The summed E-state index contributed by atoms with van der Waals surface area (Å²) in [6.45, 7) is 2.59. The van der Waals surface area contributed by atoms with Crippen LogP contribution in [0.5, 0.6) is 0 Å². The molecular formula is C11H14F3N. The van der Waals surface area contributed by atoms with Crippen molar-refractivity contribution in [1.29, 1.82) is 0 Å². The van der Waals surface area contributed by atoms with E-state index in [1.165, 1.54) is 6.07 Å². The van der Waals surface area contributed by atoms with Gasteiger partial charge in [-0.15, -0.1) is 0 Å². The highest BCUT2D eigenvalue weighted by molar-refractivity contribution is 5.27. The molecule has 4 heteroatoms. The molecule has 0 radical (unpaired) electrons. The van der Waals surface area contributed by atoms with E-state index in [4.69, 9.17) is 5.73 Å². The number of rotatable bonds is 3. The monoisotopic (exact) mass is 217 g/mol. The molecule has 0 bridgehead atoms. The zero-order valence-electron chi connectivity index (χ0n) is 8.78. The summed E-state index contributed by atoms with van der Waals surface area (Å²) in [4.78, 5) is 0. The molecule has 0 saturated heterocycles. The van der Waals surface area contributed by atoms with Crippen LogP contribution in [0.1, 0.15) is 25.0 Å². The molecule has 1 aromatic rings. The van der Waals surface area contributed by atoms with Gasteiger partial charge in [0.1, 0.15) is 6.67 Å². The van der Waals surface area contributed by atoms with Gasteiger partial charge in [0.25, 0.3) is 0 Å². The minimum absolute atomic E-state index is 0.121. The fourth-order valence-corrected chi connectivity index (χ4v) is 1.40. The second-order valence-electron chi connectivity index (χ2n) is 4.35. The molecule has 1 rings (SSSR count). The molecule has 0 aliphatic carbocycles. The Morgan fingerprint density at radius 1 is 1.27 bits per heavy atom. The summed E-state index contributed by atoms with van der Waals surface area (Å²) in [5, 5.41) is 0. The second-order valence-corrected chi connectivity index (χ2v) is 4.35. The first-order valence-corrected chi connectivity index (χ1v) is 4.65. The molecule has 1 nitrogen and oxygen atoms in total. The summed E-state index contributed by atoms with van der Waals surface area (Å²) in [7, 11) is 0. The minimum atomic E-state index is -1.02. The fourth-order valence-electron chi connectivity index (χ4n) is 1.40. The van der Waals surface area contributed by atoms with Crippen LogP contribution in [0.25, 0.3) is 0 Å². The van der Waals surface area contributed by atoms with Crippen LogP contribution in [0, 0.1) is 11.6 Å². The maximum Gasteiger partial charge on any atom is 0.162 e. The van der Waals surface area contributed by atoms with Crippen molar-refractivity contribution in [2.45, 2.75) is 32.5 Å². The Hall–Kier alpha value is -1.03. The molecule has 84 valence electrons. The molecule has 0 fully saturated rings. The summed E-state index contributed by atoms with van der Waals surface area (Å²) >= 11 is 0. The Kier molecular flexibility index (Phi) is 3.39. The highest BCUT2D eigenvalue weighted by atomic mass is 19.2. The van der Waals surface area contributed by atoms with Gasteiger partial charge in [-0.05, 0) is 43.5 Å². The summed E-state index contributed by atoms with van der Waals surface area (Å²) in [6, 6.07) is 2.18. The molecule has 0 heterocycles. The lowest BCUT2D eigenvalue weighted by atomic mass is 9.94. The lowest BCUT2D eigenvalue weighted by Gasteiger charge is -2.19.